The van der Waals surface area contributed by atoms with E-state index < -0.39 is 5.54 Å². The number of hydrogen-bond donors (Lipinski definition) is 2. The zero-order valence-electron chi connectivity index (χ0n) is 9.49. The standard InChI is InChI=1S/C11H15ClN2O2/c1-7(12)11(2,3)14-10(16)8-4-5-13-6-9(8)15/h4-7,15H,1-3H3,(H,14,16). The number of rotatable bonds is 3. The van der Waals surface area contributed by atoms with E-state index in [1.807, 2.05) is 13.8 Å². The molecule has 1 heterocycles. The molecule has 0 saturated carbocycles. The second-order valence-electron chi connectivity index (χ2n) is 4.18. The fraction of sp³-hybridized carbons (Fsp3) is 0.455. The van der Waals surface area contributed by atoms with Crippen LogP contribution in [0.1, 0.15) is 31.1 Å². The second-order valence-corrected chi connectivity index (χ2v) is 4.84. The zero-order chi connectivity index (χ0) is 12.3. The van der Waals surface area contributed by atoms with E-state index in [9.17, 15) is 9.90 Å². The molecule has 0 aromatic carbocycles. The van der Waals surface area contributed by atoms with E-state index in [4.69, 9.17) is 11.6 Å². The summed E-state index contributed by atoms with van der Waals surface area (Å²) in [7, 11) is 0. The molecule has 4 nitrogen and oxygen atoms in total. The maximum absolute atomic E-state index is 11.8. The molecule has 1 amide bonds. The molecule has 0 fully saturated rings. The quantitative estimate of drug-likeness (QED) is 0.796. The Kier molecular flexibility index (Phi) is 3.75. The van der Waals surface area contributed by atoms with Crippen LogP contribution in [0.15, 0.2) is 18.5 Å². The molecule has 0 bridgehead atoms. The highest BCUT2D eigenvalue weighted by Crippen LogP contribution is 2.18. The molecule has 0 radical (unpaired) electrons. The van der Waals surface area contributed by atoms with Gasteiger partial charge in [-0.2, -0.15) is 0 Å². The fourth-order valence-electron chi connectivity index (χ4n) is 1.04. The average molecular weight is 243 g/mol. The van der Waals surface area contributed by atoms with Crippen molar-refractivity contribution in [2.24, 2.45) is 0 Å². The number of nitrogens with one attached hydrogen (secondary N) is 1. The van der Waals surface area contributed by atoms with E-state index in [2.05, 4.69) is 10.3 Å². The number of pyridine rings is 1. The number of hydrogen-bond acceptors (Lipinski definition) is 3. The van der Waals surface area contributed by atoms with Gasteiger partial charge in [-0.25, -0.2) is 0 Å². The predicted molar refractivity (Wildman–Crippen MR) is 62.8 cm³/mol. The Morgan fingerprint density at radius 1 is 1.62 bits per heavy atom. The molecule has 1 atom stereocenters. The minimum atomic E-state index is -0.547. The van der Waals surface area contributed by atoms with E-state index in [1.54, 1.807) is 6.92 Å². The molecule has 1 unspecified atom stereocenters. The van der Waals surface area contributed by atoms with Gasteiger partial charge in [-0.05, 0) is 26.8 Å². The lowest BCUT2D eigenvalue weighted by Gasteiger charge is -2.29. The van der Waals surface area contributed by atoms with Crippen LogP contribution in [-0.4, -0.2) is 26.9 Å². The number of halogens is 1. The summed E-state index contributed by atoms with van der Waals surface area (Å²) in [5.74, 6) is -0.504. The summed E-state index contributed by atoms with van der Waals surface area (Å²) in [6.07, 6.45) is 2.68. The van der Waals surface area contributed by atoms with Crippen molar-refractivity contribution in [1.29, 1.82) is 0 Å². The fourth-order valence-corrected chi connectivity index (χ4v) is 1.09. The number of nitrogens with zero attached hydrogens (tertiary/aromatic N) is 1. The van der Waals surface area contributed by atoms with E-state index in [1.165, 1.54) is 18.5 Å². The van der Waals surface area contributed by atoms with Crippen molar-refractivity contribution in [2.45, 2.75) is 31.7 Å². The maximum Gasteiger partial charge on any atom is 0.255 e. The number of aromatic nitrogens is 1. The minimum Gasteiger partial charge on any atom is -0.505 e. The smallest absolute Gasteiger partial charge is 0.255 e. The Hall–Kier alpha value is -1.29. The molecule has 5 heteroatoms. The average Bonchev–Trinajstić information content (AvgIpc) is 2.17. The topological polar surface area (TPSA) is 62.2 Å². The van der Waals surface area contributed by atoms with Crippen molar-refractivity contribution in [3.63, 3.8) is 0 Å². The Balaban J connectivity index is 2.85. The summed E-state index contributed by atoms with van der Waals surface area (Å²) in [5.41, 5.74) is -0.352. The molecule has 16 heavy (non-hydrogen) atoms. The number of carbonyl (C=O) groups excluding carboxylic acids is 1. The molecule has 0 saturated heterocycles. The summed E-state index contributed by atoms with van der Waals surface area (Å²) in [6, 6.07) is 1.46. The van der Waals surface area contributed by atoms with Gasteiger partial charge in [0.2, 0.25) is 0 Å². The highest BCUT2D eigenvalue weighted by Gasteiger charge is 2.27. The van der Waals surface area contributed by atoms with Gasteiger partial charge in [0.15, 0.2) is 0 Å². The molecule has 2 N–H and O–H groups in total. The van der Waals surface area contributed by atoms with Gasteiger partial charge in [-0.15, -0.1) is 11.6 Å². The van der Waals surface area contributed by atoms with Gasteiger partial charge in [0, 0.05) is 6.20 Å². The maximum atomic E-state index is 11.8. The molecule has 1 rings (SSSR count). The van der Waals surface area contributed by atoms with Crippen molar-refractivity contribution in [1.82, 2.24) is 10.3 Å². The van der Waals surface area contributed by atoms with Gasteiger partial charge in [0.05, 0.1) is 22.7 Å². The Morgan fingerprint density at radius 3 is 2.75 bits per heavy atom. The van der Waals surface area contributed by atoms with Gasteiger partial charge in [-0.3, -0.25) is 9.78 Å². The third-order valence-corrected chi connectivity index (χ3v) is 3.02. The second kappa shape index (κ2) is 4.70. The first-order valence-corrected chi connectivity index (χ1v) is 5.38. The van der Waals surface area contributed by atoms with Crippen molar-refractivity contribution in [3.05, 3.63) is 24.0 Å². The highest BCUT2D eigenvalue weighted by molar-refractivity contribution is 6.21. The zero-order valence-corrected chi connectivity index (χ0v) is 10.2. The predicted octanol–water partition coefficient (Wildman–Crippen LogP) is 1.92. The van der Waals surface area contributed by atoms with Crippen molar-refractivity contribution >= 4 is 17.5 Å². The van der Waals surface area contributed by atoms with Gasteiger partial charge in [-0.1, -0.05) is 0 Å². The lowest BCUT2D eigenvalue weighted by atomic mass is 10.0. The molecule has 1 aromatic heterocycles. The number of amides is 1. The van der Waals surface area contributed by atoms with E-state index >= 15 is 0 Å². The first-order chi connectivity index (χ1) is 7.34. The summed E-state index contributed by atoms with van der Waals surface area (Å²) < 4.78 is 0. The number of alkyl halides is 1. The Morgan fingerprint density at radius 2 is 2.25 bits per heavy atom. The van der Waals surface area contributed by atoms with Crippen molar-refractivity contribution in [2.75, 3.05) is 0 Å². The van der Waals surface area contributed by atoms with Crippen molar-refractivity contribution in [3.8, 4) is 5.75 Å². The van der Waals surface area contributed by atoms with Crippen LogP contribution in [0.2, 0.25) is 0 Å². The molecule has 0 aliphatic heterocycles. The molecular formula is C11H15ClN2O2. The SMILES string of the molecule is CC(Cl)C(C)(C)NC(=O)c1ccncc1O. The number of carbonyl (C=O) groups is 1. The van der Waals surface area contributed by atoms with Crippen LogP contribution in [0.3, 0.4) is 0 Å². The first kappa shape index (κ1) is 12.8. The lowest BCUT2D eigenvalue weighted by Crippen LogP contribution is -2.49. The molecule has 88 valence electrons. The van der Waals surface area contributed by atoms with E-state index in [-0.39, 0.29) is 22.6 Å². The van der Waals surface area contributed by atoms with Crippen LogP contribution in [0.4, 0.5) is 0 Å². The van der Waals surface area contributed by atoms with E-state index in [0.29, 0.717) is 0 Å². The van der Waals surface area contributed by atoms with Crippen LogP contribution >= 0.6 is 11.6 Å². The lowest BCUT2D eigenvalue weighted by molar-refractivity contribution is 0.0909. The number of aromatic hydroxyl groups is 1. The molecule has 0 aliphatic rings. The van der Waals surface area contributed by atoms with E-state index in [0.717, 1.165) is 0 Å². The van der Waals surface area contributed by atoms with Crippen LogP contribution in [0.5, 0.6) is 5.75 Å². The van der Waals surface area contributed by atoms with Gasteiger partial charge in [0.1, 0.15) is 5.75 Å². The monoisotopic (exact) mass is 242 g/mol. The largest absolute Gasteiger partial charge is 0.505 e. The Labute approximate surface area is 99.6 Å². The molecule has 0 aliphatic carbocycles. The van der Waals surface area contributed by atoms with Gasteiger partial charge in [0.25, 0.3) is 5.91 Å². The van der Waals surface area contributed by atoms with Crippen LogP contribution in [0, 0.1) is 0 Å². The summed E-state index contributed by atoms with van der Waals surface area (Å²) in [5, 5.41) is 12.0. The third kappa shape index (κ3) is 2.85. The van der Waals surface area contributed by atoms with Gasteiger partial charge >= 0.3 is 0 Å². The first-order valence-electron chi connectivity index (χ1n) is 4.94. The molecule has 0 spiro atoms. The molecule has 1 aromatic rings. The Bertz CT molecular complexity index is 391. The highest BCUT2D eigenvalue weighted by atomic mass is 35.5. The minimum absolute atomic E-state index is 0.141. The summed E-state index contributed by atoms with van der Waals surface area (Å²) in [6.45, 7) is 5.44. The summed E-state index contributed by atoms with van der Waals surface area (Å²) >= 11 is 5.95. The van der Waals surface area contributed by atoms with Crippen molar-refractivity contribution < 1.29 is 9.90 Å². The van der Waals surface area contributed by atoms with Gasteiger partial charge < -0.3 is 10.4 Å². The summed E-state index contributed by atoms with van der Waals surface area (Å²) in [4.78, 5) is 15.5. The third-order valence-electron chi connectivity index (χ3n) is 2.47. The van der Waals surface area contributed by atoms with Crippen LogP contribution < -0.4 is 5.32 Å². The van der Waals surface area contributed by atoms with Crippen LogP contribution in [0.25, 0.3) is 0 Å². The normalized spacial score (nSPS) is 13.2. The molecular weight excluding hydrogens is 228 g/mol. The van der Waals surface area contributed by atoms with Crippen LogP contribution in [-0.2, 0) is 0 Å².